The molecular formula is C17H15ClN8O3S2. The highest BCUT2D eigenvalue weighted by molar-refractivity contribution is 8.01. The molecule has 0 atom stereocenters. The molecule has 0 unspecified atom stereocenters. The first-order valence-electron chi connectivity index (χ1n) is 8.72. The number of amides is 2. The van der Waals surface area contributed by atoms with Crippen LogP contribution >= 0.6 is 34.7 Å². The van der Waals surface area contributed by atoms with Crippen LogP contribution in [0.1, 0.15) is 0 Å². The number of carbonyl (C=O) groups is 1. The average Bonchev–Trinajstić information content (AvgIpc) is 3.29. The zero-order valence-corrected chi connectivity index (χ0v) is 18.8. The molecule has 31 heavy (non-hydrogen) atoms. The van der Waals surface area contributed by atoms with Gasteiger partial charge in [0.15, 0.2) is 20.7 Å². The molecule has 14 heteroatoms. The van der Waals surface area contributed by atoms with Gasteiger partial charge in [0.2, 0.25) is 5.13 Å². The Morgan fingerprint density at radius 1 is 1.10 bits per heavy atom. The summed E-state index contributed by atoms with van der Waals surface area (Å²) >= 11 is 8.21. The lowest BCUT2D eigenvalue weighted by molar-refractivity contribution is 0.262. The maximum atomic E-state index is 12.5. The molecule has 0 spiro atoms. The molecule has 4 aromatic rings. The largest absolute Gasteiger partial charge is 0.332 e. The minimum absolute atomic E-state index is 0.280. The number of hydrogen-bond donors (Lipinski definition) is 2. The van der Waals surface area contributed by atoms with Crippen LogP contribution < -0.4 is 21.9 Å². The number of urea groups is 1. The Bertz CT molecular complexity index is 1440. The van der Waals surface area contributed by atoms with E-state index in [1.807, 2.05) is 0 Å². The molecule has 2 amide bonds. The van der Waals surface area contributed by atoms with Crippen molar-refractivity contribution in [1.82, 2.24) is 28.9 Å². The van der Waals surface area contributed by atoms with Gasteiger partial charge in [0, 0.05) is 31.9 Å². The zero-order valence-electron chi connectivity index (χ0n) is 16.4. The van der Waals surface area contributed by atoms with Crippen molar-refractivity contribution in [2.45, 2.75) is 9.50 Å². The molecule has 0 fully saturated rings. The van der Waals surface area contributed by atoms with E-state index in [9.17, 15) is 14.4 Å². The van der Waals surface area contributed by atoms with Crippen LogP contribution in [-0.4, -0.2) is 34.9 Å². The van der Waals surface area contributed by atoms with E-state index >= 15 is 0 Å². The summed E-state index contributed by atoms with van der Waals surface area (Å²) in [5.41, 5.74) is 0.228. The van der Waals surface area contributed by atoms with Crippen molar-refractivity contribution in [3.63, 3.8) is 0 Å². The zero-order chi connectivity index (χ0) is 22.3. The Balaban J connectivity index is 1.53. The first kappa shape index (κ1) is 21.1. The molecule has 0 radical (unpaired) electrons. The molecule has 3 heterocycles. The number of nitrogens with one attached hydrogen (secondary N) is 2. The van der Waals surface area contributed by atoms with Gasteiger partial charge >= 0.3 is 11.7 Å². The number of rotatable bonds is 4. The second kappa shape index (κ2) is 8.17. The highest BCUT2D eigenvalue weighted by Gasteiger charge is 2.19. The van der Waals surface area contributed by atoms with Gasteiger partial charge < -0.3 is 9.88 Å². The summed E-state index contributed by atoms with van der Waals surface area (Å²) in [5.74, 6) is 0. The van der Waals surface area contributed by atoms with Gasteiger partial charge in [-0.05, 0) is 30.0 Å². The molecule has 0 aliphatic rings. The topological polar surface area (TPSA) is 129 Å². The molecular weight excluding hydrogens is 464 g/mol. The number of carbonyl (C=O) groups excluding carboxylic acids is 1. The van der Waals surface area contributed by atoms with Crippen molar-refractivity contribution < 1.29 is 4.79 Å². The number of imidazole rings is 1. The summed E-state index contributed by atoms with van der Waals surface area (Å²) < 4.78 is 4.44. The summed E-state index contributed by atoms with van der Waals surface area (Å²) in [6, 6.07) is 6.25. The predicted octanol–water partition coefficient (Wildman–Crippen LogP) is 2.27. The van der Waals surface area contributed by atoms with Crippen molar-refractivity contribution >= 4 is 62.7 Å². The summed E-state index contributed by atoms with van der Waals surface area (Å²) in [4.78, 5) is 41.2. The van der Waals surface area contributed by atoms with E-state index in [-0.39, 0.29) is 10.8 Å². The highest BCUT2D eigenvalue weighted by Crippen LogP contribution is 2.32. The Morgan fingerprint density at radius 2 is 1.87 bits per heavy atom. The molecule has 0 saturated heterocycles. The number of aromatic nitrogens is 6. The lowest BCUT2D eigenvalue weighted by Gasteiger charge is -2.04. The third-order valence-electron chi connectivity index (χ3n) is 4.32. The van der Waals surface area contributed by atoms with Crippen LogP contribution in [0.5, 0.6) is 0 Å². The number of benzene rings is 1. The summed E-state index contributed by atoms with van der Waals surface area (Å²) in [7, 11) is 4.65. The Hall–Kier alpha value is -3.16. The molecule has 160 valence electrons. The molecule has 2 N–H and O–H groups in total. The first-order chi connectivity index (χ1) is 14.7. The van der Waals surface area contributed by atoms with Crippen LogP contribution in [0.15, 0.2) is 43.4 Å². The van der Waals surface area contributed by atoms with Crippen LogP contribution in [0.4, 0.5) is 15.6 Å². The monoisotopic (exact) mass is 478 g/mol. The number of hydrogen-bond acceptors (Lipinski definition) is 8. The highest BCUT2D eigenvalue weighted by atomic mass is 35.5. The van der Waals surface area contributed by atoms with Crippen molar-refractivity contribution in [3.8, 4) is 0 Å². The fourth-order valence-electron chi connectivity index (χ4n) is 2.80. The minimum Gasteiger partial charge on any atom is -0.316 e. The van der Waals surface area contributed by atoms with Gasteiger partial charge in [-0.25, -0.2) is 14.6 Å². The van der Waals surface area contributed by atoms with Gasteiger partial charge in [-0.15, -0.1) is 10.2 Å². The molecule has 0 bridgehead atoms. The lowest BCUT2D eigenvalue weighted by atomic mass is 10.3. The molecule has 4 rings (SSSR count). The molecule has 0 saturated carbocycles. The molecule has 1 aromatic carbocycles. The van der Waals surface area contributed by atoms with E-state index in [2.05, 4.69) is 25.8 Å². The first-order valence-corrected chi connectivity index (χ1v) is 10.7. The number of fused-ring (bicyclic) bond motifs is 1. The van der Waals surface area contributed by atoms with E-state index in [1.165, 1.54) is 23.4 Å². The number of nitrogens with zero attached hydrogens (tertiary/aromatic N) is 6. The van der Waals surface area contributed by atoms with Crippen LogP contribution in [0.2, 0.25) is 5.02 Å². The van der Waals surface area contributed by atoms with Crippen LogP contribution in [0, 0.1) is 0 Å². The molecule has 0 aliphatic carbocycles. The van der Waals surface area contributed by atoms with Gasteiger partial charge in [0.05, 0.1) is 0 Å². The van der Waals surface area contributed by atoms with E-state index in [0.29, 0.717) is 25.7 Å². The van der Waals surface area contributed by atoms with Crippen molar-refractivity contribution in [1.29, 1.82) is 0 Å². The van der Waals surface area contributed by atoms with Gasteiger partial charge in [-0.3, -0.25) is 19.2 Å². The third kappa shape index (κ3) is 4.06. The van der Waals surface area contributed by atoms with Gasteiger partial charge in [-0.2, -0.15) is 0 Å². The van der Waals surface area contributed by atoms with Crippen LogP contribution in [-0.2, 0) is 21.1 Å². The predicted molar refractivity (Wildman–Crippen MR) is 119 cm³/mol. The Labute approximate surface area is 187 Å². The number of anilines is 2. The maximum absolute atomic E-state index is 12.5. The molecule has 3 aromatic heterocycles. The smallest absolute Gasteiger partial charge is 0.316 e. The fraction of sp³-hybridized carbons (Fsp3) is 0.176. The van der Waals surface area contributed by atoms with E-state index in [0.717, 1.165) is 15.9 Å². The summed E-state index contributed by atoms with van der Waals surface area (Å²) in [5, 5.41) is 14.5. The van der Waals surface area contributed by atoms with E-state index in [1.54, 1.807) is 42.9 Å². The second-order valence-electron chi connectivity index (χ2n) is 6.40. The molecule has 11 nitrogen and oxygen atoms in total. The van der Waals surface area contributed by atoms with Gasteiger partial charge in [0.1, 0.15) is 0 Å². The standard InChI is InChI=1S/C17H15ClN8O3S2/c1-24-10-11(25(2)17(29)26(3)12(10)27)20-15(24)31-16-23-22-14(30-16)21-13(28)19-9-6-4-5-8(18)7-9/h4-7H,1-3H3,(H2,19,21,22,28). The molecule has 0 aliphatic heterocycles. The second-order valence-corrected chi connectivity index (χ2v) is 9.02. The quantitative estimate of drug-likeness (QED) is 0.430. The van der Waals surface area contributed by atoms with Crippen molar-refractivity contribution in [3.05, 3.63) is 50.1 Å². The van der Waals surface area contributed by atoms with E-state index in [4.69, 9.17) is 11.6 Å². The summed E-state index contributed by atoms with van der Waals surface area (Å²) in [6.07, 6.45) is 0. The minimum atomic E-state index is -0.490. The Morgan fingerprint density at radius 3 is 2.61 bits per heavy atom. The normalized spacial score (nSPS) is 11.1. The third-order valence-corrected chi connectivity index (χ3v) is 6.49. The SMILES string of the molecule is Cn1c(=O)c2c(nc(Sc3nnc(NC(=O)Nc4cccc(Cl)c4)s3)n2C)n(C)c1=O. The van der Waals surface area contributed by atoms with Gasteiger partial charge in [0.25, 0.3) is 5.56 Å². The number of aryl methyl sites for hydroxylation is 2. The fourth-order valence-corrected chi connectivity index (χ4v) is 4.68. The van der Waals surface area contributed by atoms with Crippen molar-refractivity contribution in [2.24, 2.45) is 21.1 Å². The van der Waals surface area contributed by atoms with Gasteiger partial charge in [-0.1, -0.05) is 29.0 Å². The lowest BCUT2D eigenvalue weighted by Crippen LogP contribution is -2.37. The van der Waals surface area contributed by atoms with E-state index < -0.39 is 17.3 Å². The average molecular weight is 479 g/mol. The van der Waals surface area contributed by atoms with Crippen LogP contribution in [0.25, 0.3) is 11.2 Å². The maximum Gasteiger partial charge on any atom is 0.332 e. The number of halogens is 1. The summed E-state index contributed by atoms with van der Waals surface area (Å²) in [6.45, 7) is 0. The van der Waals surface area contributed by atoms with Crippen molar-refractivity contribution in [2.75, 3.05) is 10.6 Å². The Kier molecular flexibility index (Phi) is 5.56. The van der Waals surface area contributed by atoms with Crippen LogP contribution in [0.3, 0.4) is 0 Å².